The number of fused-ring (bicyclic) bond motifs is 1. The molecule has 2 saturated carbocycles. The Hall–Kier alpha value is -2.29. The molecule has 2 atom stereocenters. The molecule has 0 radical (unpaired) electrons. The van der Waals surface area contributed by atoms with Gasteiger partial charge in [0.25, 0.3) is 0 Å². The van der Waals surface area contributed by atoms with E-state index in [4.69, 9.17) is 15.5 Å². The quantitative estimate of drug-likeness (QED) is 0.676. The first-order chi connectivity index (χ1) is 15.0. The van der Waals surface area contributed by atoms with Crippen molar-refractivity contribution in [3.63, 3.8) is 0 Å². The van der Waals surface area contributed by atoms with Crippen molar-refractivity contribution in [2.24, 2.45) is 17.6 Å². The van der Waals surface area contributed by atoms with Crippen molar-refractivity contribution in [1.82, 2.24) is 19.9 Å². The molecule has 4 rings (SSSR count). The predicted octanol–water partition coefficient (Wildman–Crippen LogP) is 4.92. The van der Waals surface area contributed by atoms with E-state index in [1.807, 2.05) is 6.07 Å². The third-order valence-corrected chi connectivity index (χ3v) is 6.63. The molecule has 0 aliphatic heterocycles. The van der Waals surface area contributed by atoms with Gasteiger partial charge in [0, 0.05) is 18.9 Å². The van der Waals surface area contributed by atoms with Crippen molar-refractivity contribution < 1.29 is 18.3 Å². The van der Waals surface area contributed by atoms with Crippen molar-refractivity contribution >= 4 is 11.7 Å². The number of imidazole rings is 1. The van der Waals surface area contributed by atoms with Gasteiger partial charge >= 0.3 is 6.09 Å². The highest BCUT2D eigenvalue weighted by atomic mass is 19.3. The number of halogens is 2. The van der Waals surface area contributed by atoms with Crippen LogP contribution in [-0.2, 0) is 4.74 Å². The lowest BCUT2D eigenvalue weighted by atomic mass is 9.78. The number of hydrogen-bond acceptors (Lipinski definition) is 5. The lowest BCUT2D eigenvalue weighted by Gasteiger charge is -2.33. The molecule has 7 nitrogen and oxygen atoms in total. The third kappa shape index (κ3) is 5.19. The summed E-state index contributed by atoms with van der Waals surface area (Å²) in [5.74, 6) is -2.34. The molecular weight excluding hydrogens is 416 g/mol. The standard InChI is InChI=1S/C23H33F2N5O2/c1-22(2,3)32-21(31)29-20(15-7-9-23(24,25)10-8-15)17-13-30-18(28-17)11-16(12-27-30)19(26)14-5-4-6-14/h11-15,19-20H,4-10,26H2,1-3H3,(H,29,31)/t19-,20?/m1/s1. The fraction of sp³-hybridized carbons (Fsp3) is 0.696. The number of nitrogens with two attached hydrogens (primary N) is 1. The number of nitrogens with zero attached hydrogens (tertiary/aromatic N) is 3. The Bertz CT molecular complexity index is 957. The third-order valence-electron chi connectivity index (χ3n) is 6.63. The van der Waals surface area contributed by atoms with Crippen molar-refractivity contribution in [1.29, 1.82) is 0 Å². The van der Waals surface area contributed by atoms with Gasteiger partial charge in [-0.1, -0.05) is 6.42 Å². The van der Waals surface area contributed by atoms with Crippen LogP contribution in [0, 0.1) is 11.8 Å². The van der Waals surface area contributed by atoms with Crippen LogP contribution in [0.1, 0.15) is 89.1 Å². The number of amides is 1. The maximum absolute atomic E-state index is 13.8. The number of carbonyl (C=O) groups is 1. The van der Waals surface area contributed by atoms with E-state index in [-0.39, 0.29) is 24.8 Å². The largest absolute Gasteiger partial charge is 0.444 e. The molecule has 2 aromatic heterocycles. The molecule has 9 heteroatoms. The van der Waals surface area contributed by atoms with Crippen LogP contribution in [-0.4, -0.2) is 32.2 Å². The van der Waals surface area contributed by atoms with E-state index in [1.54, 1.807) is 37.7 Å². The molecule has 2 aromatic rings. The summed E-state index contributed by atoms with van der Waals surface area (Å²) in [4.78, 5) is 17.2. The Balaban J connectivity index is 1.59. The second-order valence-electron chi connectivity index (χ2n) is 10.3. The number of carbonyl (C=O) groups excluding carboxylic acids is 1. The Morgan fingerprint density at radius 1 is 1.25 bits per heavy atom. The minimum atomic E-state index is -2.65. The first-order valence-electron chi connectivity index (χ1n) is 11.5. The number of alkyl carbamates (subject to hydrolysis) is 1. The Morgan fingerprint density at radius 2 is 1.94 bits per heavy atom. The monoisotopic (exact) mass is 449 g/mol. The molecule has 1 unspecified atom stereocenters. The van der Waals surface area contributed by atoms with Gasteiger partial charge in [0.05, 0.1) is 24.1 Å². The SMILES string of the molecule is CC(C)(C)OC(=O)NC(c1cn2ncc([C@H](N)C3CCC3)cc2n1)C1CCC(F)(F)CC1. The summed E-state index contributed by atoms with van der Waals surface area (Å²) in [5, 5.41) is 7.35. The summed E-state index contributed by atoms with van der Waals surface area (Å²) in [5.41, 5.74) is 7.90. The summed E-state index contributed by atoms with van der Waals surface area (Å²) >= 11 is 0. The number of nitrogens with one attached hydrogen (secondary N) is 1. The van der Waals surface area contributed by atoms with Gasteiger partial charge in [0.15, 0.2) is 5.65 Å². The van der Waals surface area contributed by atoms with Gasteiger partial charge in [0.1, 0.15) is 5.60 Å². The second kappa shape index (κ2) is 8.57. The highest BCUT2D eigenvalue weighted by Crippen LogP contribution is 2.41. The van der Waals surface area contributed by atoms with Crippen LogP contribution >= 0.6 is 0 Å². The summed E-state index contributed by atoms with van der Waals surface area (Å²) < 4.78 is 34.6. The average molecular weight is 450 g/mol. The molecule has 176 valence electrons. The van der Waals surface area contributed by atoms with Crippen LogP contribution in [0.5, 0.6) is 0 Å². The van der Waals surface area contributed by atoms with Crippen LogP contribution in [0.4, 0.5) is 13.6 Å². The zero-order chi connectivity index (χ0) is 23.1. The second-order valence-corrected chi connectivity index (χ2v) is 10.3. The first kappa shape index (κ1) is 22.9. The van der Waals surface area contributed by atoms with Crippen LogP contribution in [0.15, 0.2) is 18.5 Å². The summed E-state index contributed by atoms with van der Waals surface area (Å²) in [6, 6.07) is 1.32. The van der Waals surface area contributed by atoms with Crippen molar-refractivity contribution in [2.45, 2.75) is 89.3 Å². The first-order valence-corrected chi connectivity index (χ1v) is 11.5. The van der Waals surface area contributed by atoms with E-state index in [2.05, 4.69) is 10.4 Å². The molecule has 3 N–H and O–H groups in total. The highest BCUT2D eigenvalue weighted by molar-refractivity contribution is 5.68. The smallest absolute Gasteiger partial charge is 0.408 e. The molecule has 0 bridgehead atoms. The van der Waals surface area contributed by atoms with Gasteiger partial charge in [-0.05, 0) is 69.9 Å². The number of rotatable bonds is 5. The van der Waals surface area contributed by atoms with E-state index < -0.39 is 23.7 Å². The number of aromatic nitrogens is 3. The maximum Gasteiger partial charge on any atom is 0.408 e. The lowest BCUT2D eigenvalue weighted by molar-refractivity contribution is -0.0500. The molecule has 2 aliphatic rings. The highest BCUT2D eigenvalue weighted by Gasteiger charge is 2.39. The van der Waals surface area contributed by atoms with Crippen LogP contribution < -0.4 is 11.1 Å². The topological polar surface area (TPSA) is 94.5 Å². The normalized spacial score (nSPS) is 21.7. The van der Waals surface area contributed by atoms with Crippen molar-refractivity contribution in [2.75, 3.05) is 0 Å². The number of alkyl halides is 2. The number of ether oxygens (including phenoxy) is 1. The summed E-state index contributed by atoms with van der Waals surface area (Å²) in [6.45, 7) is 5.35. The fourth-order valence-corrected chi connectivity index (χ4v) is 4.58. The van der Waals surface area contributed by atoms with Gasteiger partial charge in [-0.3, -0.25) is 0 Å². The molecule has 2 aliphatic carbocycles. The van der Waals surface area contributed by atoms with Crippen LogP contribution in [0.2, 0.25) is 0 Å². The fourth-order valence-electron chi connectivity index (χ4n) is 4.58. The van der Waals surface area contributed by atoms with Crippen molar-refractivity contribution in [3.05, 3.63) is 29.7 Å². The predicted molar refractivity (Wildman–Crippen MR) is 116 cm³/mol. The van der Waals surface area contributed by atoms with E-state index in [1.165, 1.54) is 6.42 Å². The Kier molecular flexibility index (Phi) is 6.13. The summed E-state index contributed by atoms with van der Waals surface area (Å²) in [7, 11) is 0. The van der Waals surface area contributed by atoms with Gasteiger partial charge in [-0.15, -0.1) is 0 Å². The van der Waals surface area contributed by atoms with E-state index in [0.717, 1.165) is 18.4 Å². The summed E-state index contributed by atoms with van der Waals surface area (Å²) in [6.07, 6.45) is 6.59. The molecular formula is C23H33F2N5O2. The van der Waals surface area contributed by atoms with Gasteiger partial charge < -0.3 is 15.8 Å². The van der Waals surface area contributed by atoms with Gasteiger partial charge in [-0.25, -0.2) is 23.1 Å². The molecule has 0 saturated heterocycles. The molecule has 2 heterocycles. The zero-order valence-electron chi connectivity index (χ0n) is 19.0. The van der Waals surface area contributed by atoms with E-state index in [0.29, 0.717) is 30.1 Å². The molecule has 0 aromatic carbocycles. The molecule has 1 amide bonds. The van der Waals surface area contributed by atoms with E-state index in [9.17, 15) is 13.6 Å². The molecule has 0 spiro atoms. The van der Waals surface area contributed by atoms with Crippen molar-refractivity contribution in [3.8, 4) is 0 Å². The number of hydrogen-bond donors (Lipinski definition) is 2. The average Bonchev–Trinajstić information content (AvgIpc) is 3.06. The molecule has 2 fully saturated rings. The van der Waals surface area contributed by atoms with Gasteiger partial charge in [-0.2, -0.15) is 5.10 Å². The minimum Gasteiger partial charge on any atom is -0.444 e. The lowest BCUT2D eigenvalue weighted by Crippen LogP contribution is -2.40. The van der Waals surface area contributed by atoms with Gasteiger partial charge in [0.2, 0.25) is 5.92 Å². The zero-order valence-corrected chi connectivity index (χ0v) is 19.0. The molecule has 32 heavy (non-hydrogen) atoms. The van der Waals surface area contributed by atoms with Crippen LogP contribution in [0.25, 0.3) is 5.65 Å². The minimum absolute atomic E-state index is 0.0716. The Morgan fingerprint density at radius 3 is 2.53 bits per heavy atom. The van der Waals surface area contributed by atoms with E-state index >= 15 is 0 Å². The maximum atomic E-state index is 13.8. The van der Waals surface area contributed by atoms with Crippen LogP contribution in [0.3, 0.4) is 0 Å². The Labute approximate surface area is 187 Å².